The summed E-state index contributed by atoms with van der Waals surface area (Å²) in [6, 6.07) is 25.8. The molecule has 3 heterocycles. The van der Waals surface area contributed by atoms with Gasteiger partial charge in [0.1, 0.15) is 17.6 Å². The van der Waals surface area contributed by atoms with Crippen molar-refractivity contribution in [2.24, 2.45) is 12.1 Å². The summed E-state index contributed by atoms with van der Waals surface area (Å²) in [5.74, 6) is 0.333. The van der Waals surface area contributed by atoms with Crippen LogP contribution < -0.4 is 11.1 Å². The van der Waals surface area contributed by atoms with Crippen LogP contribution in [0.5, 0.6) is 0 Å². The van der Waals surface area contributed by atoms with Gasteiger partial charge in [-0.15, -0.1) is 10.2 Å². The van der Waals surface area contributed by atoms with Gasteiger partial charge in [-0.2, -0.15) is 10.2 Å². The molecular formula is C30H23N7O3S. The highest BCUT2D eigenvalue weighted by molar-refractivity contribution is 7.98. The van der Waals surface area contributed by atoms with Crippen LogP contribution in [0, 0.1) is 0 Å². The van der Waals surface area contributed by atoms with Gasteiger partial charge in [-0.1, -0.05) is 60.3 Å². The number of para-hydroxylation sites is 2. The van der Waals surface area contributed by atoms with Crippen LogP contribution >= 0.6 is 11.8 Å². The molecule has 0 saturated carbocycles. The first-order chi connectivity index (χ1) is 20.0. The Labute approximate surface area is 238 Å². The van der Waals surface area contributed by atoms with E-state index in [4.69, 9.17) is 4.42 Å². The molecular weight excluding hydrogens is 538 g/mol. The fourth-order valence-electron chi connectivity index (χ4n) is 4.16. The van der Waals surface area contributed by atoms with E-state index >= 15 is 0 Å². The first-order valence-electron chi connectivity index (χ1n) is 12.6. The summed E-state index contributed by atoms with van der Waals surface area (Å²) in [4.78, 5) is 25.7. The zero-order chi connectivity index (χ0) is 28.2. The molecule has 0 spiro atoms. The van der Waals surface area contributed by atoms with Crippen molar-refractivity contribution in [1.29, 1.82) is 0 Å². The van der Waals surface area contributed by atoms with E-state index in [1.807, 2.05) is 72.3 Å². The number of fused-ring (bicyclic) bond motifs is 1. The van der Waals surface area contributed by atoms with E-state index in [0.29, 0.717) is 33.7 Å². The van der Waals surface area contributed by atoms with Crippen LogP contribution in [-0.2, 0) is 12.8 Å². The van der Waals surface area contributed by atoms with E-state index in [-0.39, 0.29) is 5.91 Å². The third kappa shape index (κ3) is 5.70. The Morgan fingerprint density at radius 3 is 2.61 bits per heavy atom. The number of hydrogen-bond acceptors (Lipinski definition) is 8. The van der Waals surface area contributed by atoms with Crippen LogP contribution in [-0.4, -0.2) is 36.7 Å². The van der Waals surface area contributed by atoms with E-state index in [1.54, 1.807) is 53.2 Å². The normalized spacial score (nSPS) is 11.3. The second-order valence-electron chi connectivity index (χ2n) is 9.11. The van der Waals surface area contributed by atoms with Crippen LogP contribution in [0.1, 0.15) is 21.5 Å². The second-order valence-corrected chi connectivity index (χ2v) is 10.1. The van der Waals surface area contributed by atoms with E-state index in [2.05, 4.69) is 25.8 Å². The lowest BCUT2D eigenvalue weighted by Gasteiger charge is -2.04. The zero-order valence-corrected chi connectivity index (χ0v) is 22.7. The lowest BCUT2D eigenvalue weighted by molar-refractivity contribution is 0.0955. The first-order valence-corrected chi connectivity index (χ1v) is 13.6. The number of nitrogens with zero attached hydrogens (tertiary/aromatic N) is 6. The molecule has 3 aromatic carbocycles. The van der Waals surface area contributed by atoms with Crippen LogP contribution in [0.2, 0.25) is 0 Å². The van der Waals surface area contributed by atoms with Crippen LogP contribution in [0.25, 0.3) is 27.9 Å². The lowest BCUT2D eigenvalue weighted by atomic mass is 10.1. The van der Waals surface area contributed by atoms with Gasteiger partial charge in [0.25, 0.3) is 5.91 Å². The maximum atomic E-state index is 12.9. The minimum atomic E-state index is -0.516. The molecule has 0 radical (unpaired) electrons. The Morgan fingerprint density at radius 1 is 1.05 bits per heavy atom. The molecule has 6 rings (SSSR count). The number of benzene rings is 3. The lowest BCUT2D eigenvalue weighted by Crippen LogP contribution is -2.17. The number of amides is 1. The highest BCUT2D eigenvalue weighted by Gasteiger charge is 2.17. The number of aromatic nitrogens is 5. The number of carbonyl (C=O) groups is 1. The van der Waals surface area contributed by atoms with Crippen LogP contribution in [0.15, 0.2) is 117 Å². The van der Waals surface area contributed by atoms with Crippen LogP contribution in [0.3, 0.4) is 0 Å². The number of carbonyl (C=O) groups excluding carboxylic acids is 1. The highest BCUT2D eigenvalue weighted by Crippen LogP contribution is 2.24. The van der Waals surface area contributed by atoms with Gasteiger partial charge in [0, 0.05) is 35.5 Å². The van der Waals surface area contributed by atoms with Gasteiger partial charge in [0.2, 0.25) is 0 Å². The minimum absolute atomic E-state index is 0.293. The molecule has 0 fully saturated rings. The van der Waals surface area contributed by atoms with Crippen molar-refractivity contribution in [3.63, 3.8) is 0 Å². The van der Waals surface area contributed by atoms with Gasteiger partial charge in [0.15, 0.2) is 5.16 Å². The molecule has 0 atom stereocenters. The summed E-state index contributed by atoms with van der Waals surface area (Å²) in [5, 5.41) is 18.4. The van der Waals surface area contributed by atoms with Gasteiger partial charge >= 0.3 is 5.63 Å². The molecule has 1 N–H and O–H groups in total. The van der Waals surface area contributed by atoms with Gasteiger partial charge < -0.3 is 8.98 Å². The molecule has 1 amide bonds. The molecule has 0 aliphatic heterocycles. The van der Waals surface area contributed by atoms with Crippen LogP contribution in [0.4, 0.5) is 0 Å². The zero-order valence-electron chi connectivity index (χ0n) is 21.8. The number of rotatable bonds is 8. The predicted octanol–water partition coefficient (Wildman–Crippen LogP) is 4.83. The maximum Gasteiger partial charge on any atom is 0.345 e. The SMILES string of the molecule is Cn1cnnc1SCc1ccc(C(=O)NN=Cc2cn(-c3ccccc3)nc2-c2cc3ccccc3oc2=O)cc1. The number of nitrogens with one attached hydrogen (secondary N) is 1. The van der Waals surface area contributed by atoms with Crippen molar-refractivity contribution in [3.05, 3.63) is 125 Å². The van der Waals surface area contributed by atoms with Crippen molar-refractivity contribution in [1.82, 2.24) is 30.0 Å². The molecule has 6 aromatic rings. The summed E-state index contributed by atoms with van der Waals surface area (Å²) >= 11 is 1.56. The molecule has 0 saturated heterocycles. The molecule has 0 unspecified atom stereocenters. The topological polar surface area (TPSA) is 120 Å². The van der Waals surface area contributed by atoms with Gasteiger partial charge in [0.05, 0.1) is 17.5 Å². The Hall–Kier alpha value is -5.29. The number of hydrazone groups is 1. The fourth-order valence-corrected chi connectivity index (χ4v) is 5.00. The monoisotopic (exact) mass is 561 g/mol. The summed E-state index contributed by atoms with van der Waals surface area (Å²) in [7, 11) is 1.89. The molecule has 10 nitrogen and oxygen atoms in total. The Morgan fingerprint density at radius 2 is 1.83 bits per heavy atom. The quantitative estimate of drug-likeness (QED) is 0.122. The number of aryl methyl sites for hydroxylation is 1. The molecule has 0 aliphatic carbocycles. The van der Waals surface area contributed by atoms with Gasteiger partial charge in [-0.05, 0) is 42.0 Å². The van der Waals surface area contributed by atoms with E-state index in [1.165, 1.54) is 6.21 Å². The maximum absolute atomic E-state index is 12.9. The van der Waals surface area contributed by atoms with E-state index in [9.17, 15) is 9.59 Å². The molecule has 0 bridgehead atoms. The predicted molar refractivity (Wildman–Crippen MR) is 157 cm³/mol. The Balaban J connectivity index is 1.23. The summed E-state index contributed by atoms with van der Waals surface area (Å²) < 4.78 is 9.05. The van der Waals surface area contributed by atoms with E-state index in [0.717, 1.165) is 21.8 Å². The largest absolute Gasteiger partial charge is 0.422 e. The molecule has 41 heavy (non-hydrogen) atoms. The fraction of sp³-hybridized carbons (Fsp3) is 0.0667. The van der Waals surface area contributed by atoms with Crippen molar-refractivity contribution in [2.45, 2.75) is 10.9 Å². The van der Waals surface area contributed by atoms with Crippen molar-refractivity contribution in [2.75, 3.05) is 0 Å². The second kappa shape index (κ2) is 11.4. The highest BCUT2D eigenvalue weighted by atomic mass is 32.2. The van der Waals surface area contributed by atoms with Gasteiger partial charge in [-0.3, -0.25) is 4.79 Å². The third-order valence-electron chi connectivity index (χ3n) is 6.28. The van der Waals surface area contributed by atoms with Crippen molar-refractivity contribution >= 4 is 34.9 Å². The first kappa shape index (κ1) is 26.0. The molecule has 3 aromatic heterocycles. The number of thioether (sulfide) groups is 1. The van der Waals surface area contributed by atoms with Gasteiger partial charge in [-0.25, -0.2) is 14.9 Å². The average Bonchev–Trinajstić information content (AvgIpc) is 3.62. The summed E-state index contributed by atoms with van der Waals surface area (Å²) in [6.07, 6.45) is 4.88. The Bertz CT molecular complexity index is 1930. The van der Waals surface area contributed by atoms with Crippen molar-refractivity contribution in [3.8, 4) is 16.9 Å². The molecule has 202 valence electrons. The molecule has 11 heteroatoms. The standard InChI is InChI=1S/C30H23N7O3S/c1-36-19-32-34-30(36)41-18-20-11-13-21(14-12-20)28(38)33-31-16-23-17-37(24-8-3-2-4-9-24)35-27(23)25-15-22-7-5-6-10-26(22)40-29(25)39/h2-17,19H,18H2,1H3,(H,33,38). The Kier molecular flexibility index (Phi) is 7.25. The summed E-state index contributed by atoms with van der Waals surface area (Å²) in [5.41, 5.74) is 6.07. The summed E-state index contributed by atoms with van der Waals surface area (Å²) in [6.45, 7) is 0. The number of hydrogen-bond donors (Lipinski definition) is 1. The van der Waals surface area contributed by atoms with Crippen molar-refractivity contribution < 1.29 is 9.21 Å². The van der Waals surface area contributed by atoms with E-state index < -0.39 is 5.63 Å². The minimum Gasteiger partial charge on any atom is -0.422 e. The smallest absolute Gasteiger partial charge is 0.345 e. The third-order valence-corrected chi connectivity index (χ3v) is 7.39. The average molecular weight is 562 g/mol. The molecule has 0 aliphatic rings.